The molecule has 4 heterocycles. The van der Waals surface area contributed by atoms with E-state index in [1.54, 1.807) is 6.20 Å². The molecule has 1 aliphatic heterocycles. The van der Waals surface area contributed by atoms with Gasteiger partial charge in [0.1, 0.15) is 15.7 Å². The number of aromatic amines is 1. The van der Waals surface area contributed by atoms with Crippen molar-refractivity contribution in [1.82, 2.24) is 20.2 Å². The predicted molar refractivity (Wildman–Crippen MR) is 106 cm³/mol. The first kappa shape index (κ1) is 17.9. The van der Waals surface area contributed by atoms with Crippen LogP contribution >= 0.6 is 35.0 Å². The zero-order valence-corrected chi connectivity index (χ0v) is 16.5. The molecular weight excluding hydrogens is 391 g/mol. The highest BCUT2D eigenvalue weighted by molar-refractivity contribution is 7.99. The molecule has 0 amide bonds. The van der Waals surface area contributed by atoms with E-state index in [0.29, 0.717) is 5.02 Å². The SMILES string of the molecule is CC1(N)CCN(c2cnc3c(Sc4ccnc(Cl)c4Cl)n[nH]c3c2)CC1. The van der Waals surface area contributed by atoms with Crippen LogP contribution in [0.4, 0.5) is 5.69 Å². The quantitative estimate of drug-likeness (QED) is 0.633. The van der Waals surface area contributed by atoms with Crippen molar-refractivity contribution >= 4 is 51.7 Å². The molecule has 1 aliphatic rings. The summed E-state index contributed by atoms with van der Waals surface area (Å²) in [5.74, 6) is 0. The molecule has 0 unspecified atom stereocenters. The van der Waals surface area contributed by atoms with Gasteiger partial charge in [-0.2, -0.15) is 5.10 Å². The van der Waals surface area contributed by atoms with Crippen molar-refractivity contribution in [3.05, 3.63) is 34.7 Å². The Hall–Kier alpha value is -1.54. The Morgan fingerprint density at radius 3 is 2.81 bits per heavy atom. The second-order valence-electron chi connectivity index (χ2n) is 6.78. The molecule has 6 nitrogen and oxygen atoms in total. The lowest BCUT2D eigenvalue weighted by Gasteiger charge is -2.37. The number of hydrogen-bond acceptors (Lipinski definition) is 6. The lowest BCUT2D eigenvalue weighted by Crippen LogP contribution is -2.48. The van der Waals surface area contributed by atoms with Crippen LogP contribution in [0.3, 0.4) is 0 Å². The zero-order chi connectivity index (χ0) is 18.3. The number of H-pyrrole nitrogens is 1. The monoisotopic (exact) mass is 408 g/mol. The molecule has 0 bridgehead atoms. The lowest BCUT2D eigenvalue weighted by molar-refractivity contribution is 0.364. The maximum atomic E-state index is 6.22. The highest BCUT2D eigenvalue weighted by Crippen LogP contribution is 2.38. The van der Waals surface area contributed by atoms with Crippen LogP contribution in [0.2, 0.25) is 10.2 Å². The van der Waals surface area contributed by atoms with Crippen molar-refractivity contribution in [3.8, 4) is 0 Å². The minimum Gasteiger partial charge on any atom is -0.370 e. The van der Waals surface area contributed by atoms with Gasteiger partial charge in [0.05, 0.1) is 22.4 Å². The van der Waals surface area contributed by atoms with E-state index in [0.717, 1.165) is 52.6 Å². The van der Waals surface area contributed by atoms with E-state index in [-0.39, 0.29) is 10.7 Å². The average Bonchev–Trinajstić information content (AvgIpc) is 3.01. The Balaban J connectivity index is 1.59. The summed E-state index contributed by atoms with van der Waals surface area (Å²) in [5.41, 5.74) is 8.93. The summed E-state index contributed by atoms with van der Waals surface area (Å²) < 4.78 is 0. The smallest absolute Gasteiger partial charge is 0.149 e. The van der Waals surface area contributed by atoms with Gasteiger partial charge in [0.25, 0.3) is 0 Å². The van der Waals surface area contributed by atoms with Crippen LogP contribution in [-0.2, 0) is 0 Å². The lowest BCUT2D eigenvalue weighted by atomic mass is 9.91. The van der Waals surface area contributed by atoms with Crippen molar-refractivity contribution in [1.29, 1.82) is 0 Å². The first-order valence-corrected chi connectivity index (χ1v) is 9.86. The molecular formula is C17H18Cl2N6S. The van der Waals surface area contributed by atoms with Gasteiger partial charge < -0.3 is 10.6 Å². The fraction of sp³-hybridized carbons (Fsp3) is 0.353. The molecule has 3 N–H and O–H groups in total. The van der Waals surface area contributed by atoms with Crippen LogP contribution in [0.1, 0.15) is 19.8 Å². The third-order valence-corrected chi connectivity index (χ3v) is 6.56. The summed E-state index contributed by atoms with van der Waals surface area (Å²) >= 11 is 13.6. The van der Waals surface area contributed by atoms with Crippen LogP contribution in [0.5, 0.6) is 0 Å². The number of pyridine rings is 2. The van der Waals surface area contributed by atoms with Crippen molar-refractivity contribution in [2.45, 2.75) is 35.2 Å². The van der Waals surface area contributed by atoms with E-state index in [9.17, 15) is 0 Å². The molecule has 0 saturated carbocycles. The highest BCUT2D eigenvalue weighted by Gasteiger charge is 2.26. The first-order valence-electron chi connectivity index (χ1n) is 8.29. The molecule has 1 fully saturated rings. The summed E-state index contributed by atoms with van der Waals surface area (Å²) in [4.78, 5) is 11.7. The number of nitrogens with one attached hydrogen (secondary N) is 1. The van der Waals surface area contributed by atoms with E-state index >= 15 is 0 Å². The van der Waals surface area contributed by atoms with Gasteiger partial charge in [0.2, 0.25) is 0 Å². The van der Waals surface area contributed by atoms with E-state index in [4.69, 9.17) is 28.9 Å². The summed E-state index contributed by atoms with van der Waals surface area (Å²) in [6.45, 7) is 3.97. The summed E-state index contributed by atoms with van der Waals surface area (Å²) in [7, 11) is 0. The van der Waals surface area contributed by atoms with Crippen LogP contribution in [-0.4, -0.2) is 38.8 Å². The topological polar surface area (TPSA) is 83.7 Å². The zero-order valence-electron chi connectivity index (χ0n) is 14.2. The van der Waals surface area contributed by atoms with Gasteiger partial charge in [-0.15, -0.1) is 0 Å². The van der Waals surface area contributed by atoms with Crippen molar-refractivity contribution in [2.24, 2.45) is 5.73 Å². The molecule has 4 rings (SSSR count). The van der Waals surface area contributed by atoms with Crippen LogP contribution in [0, 0.1) is 0 Å². The number of halogens is 2. The largest absolute Gasteiger partial charge is 0.370 e. The van der Waals surface area contributed by atoms with Gasteiger partial charge in [0, 0.05) is 29.7 Å². The van der Waals surface area contributed by atoms with E-state index in [1.165, 1.54) is 11.8 Å². The number of hydrogen-bond donors (Lipinski definition) is 2. The van der Waals surface area contributed by atoms with Gasteiger partial charge >= 0.3 is 0 Å². The number of aromatic nitrogens is 4. The Kier molecular flexibility index (Phi) is 4.73. The molecule has 0 spiro atoms. The Morgan fingerprint density at radius 2 is 2.04 bits per heavy atom. The molecule has 9 heteroatoms. The van der Waals surface area contributed by atoms with Gasteiger partial charge in [-0.05, 0) is 31.9 Å². The third kappa shape index (κ3) is 3.49. The van der Waals surface area contributed by atoms with Crippen LogP contribution in [0.25, 0.3) is 11.0 Å². The van der Waals surface area contributed by atoms with Gasteiger partial charge in [-0.25, -0.2) is 9.97 Å². The molecule has 0 atom stereocenters. The molecule has 1 saturated heterocycles. The van der Waals surface area contributed by atoms with Crippen molar-refractivity contribution < 1.29 is 0 Å². The minimum atomic E-state index is -0.0725. The Bertz CT molecular complexity index is 948. The summed E-state index contributed by atoms with van der Waals surface area (Å²) in [6.07, 6.45) is 5.45. The molecule has 0 aliphatic carbocycles. The number of piperidine rings is 1. The first-order chi connectivity index (χ1) is 12.4. The molecule has 0 radical (unpaired) electrons. The van der Waals surface area contributed by atoms with Crippen LogP contribution in [0.15, 0.2) is 34.4 Å². The Morgan fingerprint density at radius 1 is 1.27 bits per heavy atom. The van der Waals surface area contributed by atoms with Crippen LogP contribution < -0.4 is 10.6 Å². The molecule has 3 aromatic rings. The second-order valence-corrected chi connectivity index (χ2v) is 8.54. The molecule has 0 aromatic carbocycles. The molecule has 3 aromatic heterocycles. The highest BCUT2D eigenvalue weighted by atomic mass is 35.5. The number of rotatable bonds is 3. The number of anilines is 1. The fourth-order valence-corrected chi connectivity index (χ4v) is 4.29. The average molecular weight is 409 g/mol. The number of fused-ring (bicyclic) bond motifs is 1. The van der Waals surface area contributed by atoms with Crippen molar-refractivity contribution in [2.75, 3.05) is 18.0 Å². The maximum Gasteiger partial charge on any atom is 0.149 e. The standard InChI is InChI=1S/C17H18Cl2N6S/c1-17(20)3-6-25(7-4-17)10-8-11-14(22-9-10)16(24-23-11)26-12-2-5-21-15(19)13(12)18/h2,5,8-9H,3-4,6-7,20H2,1H3,(H,23,24). The predicted octanol–water partition coefficient (Wildman–Crippen LogP) is 4.13. The third-order valence-electron chi connectivity index (χ3n) is 4.64. The van der Waals surface area contributed by atoms with Gasteiger partial charge in [-0.1, -0.05) is 35.0 Å². The minimum absolute atomic E-state index is 0.0725. The fourth-order valence-electron chi connectivity index (χ4n) is 2.98. The normalized spacial score (nSPS) is 17.0. The Labute approximate surface area is 165 Å². The summed E-state index contributed by atoms with van der Waals surface area (Å²) in [5, 5.41) is 8.90. The second kappa shape index (κ2) is 6.88. The molecule has 136 valence electrons. The maximum absolute atomic E-state index is 6.22. The van der Waals surface area contributed by atoms with E-state index in [1.807, 2.05) is 12.3 Å². The van der Waals surface area contributed by atoms with Crippen molar-refractivity contribution in [3.63, 3.8) is 0 Å². The number of nitrogens with zero attached hydrogens (tertiary/aromatic N) is 4. The summed E-state index contributed by atoms with van der Waals surface area (Å²) in [6, 6.07) is 3.89. The van der Waals surface area contributed by atoms with Gasteiger partial charge in [0.15, 0.2) is 0 Å². The molecule has 26 heavy (non-hydrogen) atoms. The van der Waals surface area contributed by atoms with E-state index in [2.05, 4.69) is 38.1 Å². The van der Waals surface area contributed by atoms with Gasteiger partial charge in [-0.3, -0.25) is 5.10 Å². The number of nitrogens with two attached hydrogens (primary N) is 1. The van der Waals surface area contributed by atoms with E-state index < -0.39 is 0 Å².